The Morgan fingerprint density at radius 2 is 2.21 bits per heavy atom. The van der Waals surface area contributed by atoms with E-state index in [-0.39, 0.29) is 0 Å². The topological polar surface area (TPSA) is 42.3 Å². The van der Waals surface area contributed by atoms with Gasteiger partial charge in [0.25, 0.3) is 0 Å². The molecule has 5 heteroatoms. The molecular weight excluding hydrogens is 240 g/mol. The Morgan fingerprint density at radius 1 is 1.37 bits per heavy atom. The number of aryl methyl sites for hydroxylation is 2. The number of ether oxygens (including phenoxy) is 1. The number of fused-ring (bicyclic) bond motifs is 2. The minimum absolute atomic E-state index is 0.489. The van der Waals surface area contributed by atoms with E-state index in [1.54, 1.807) is 0 Å². The Kier molecular flexibility index (Phi) is 3.39. The van der Waals surface area contributed by atoms with Crippen molar-refractivity contribution >= 4 is 11.5 Å². The predicted octanol–water partition coefficient (Wildman–Crippen LogP) is 1.64. The average molecular weight is 264 g/mol. The lowest BCUT2D eigenvalue weighted by Crippen LogP contribution is -2.41. The van der Waals surface area contributed by atoms with Crippen LogP contribution in [-0.4, -0.2) is 42.1 Å². The maximum Gasteiger partial charge on any atom is 0.150 e. The lowest BCUT2D eigenvalue weighted by atomic mass is 10.0. The molecule has 106 valence electrons. The van der Waals surface area contributed by atoms with Crippen LogP contribution in [0.15, 0.2) is 0 Å². The van der Waals surface area contributed by atoms with E-state index >= 15 is 0 Å². The number of nitrogens with zero attached hydrogens (tertiary/aromatic N) is 3. The highest BCUT2D eigenvalue weighted by molar-refractivity contribution is 5.71. The standard InChI is InChI=1S/C14H24N4O/c1-4-6-11-13-14(17(3)16-11)18(5-2)12-9-19-8-10(12)7-15-13/h10,12,15H,4-9H2,1-3H3. The maximum absolute atomic E-state index is 5.68. The highest BCUT2D eigenvalue weighted by atomic mass is 16.5. The third kappa shape index (κ3) is 2.00. The first kappa shape index (κ1) is 12.8. The smallest absolute Gasteiger partial charge is 0.150 e. The summed E-state index contributed by atoms with van der Waals surface area (Å²) >= 11 is 0. The molecule has 19 heavy (non-hydrogen) atoms. The molecule has 1 aromatic heterocycles. The van der Waals surface area contributed by atoms with Gasteiger partial charge in [-0.25, -0.2) is 0 Å². The van der Waals surface area contributed by atoms with Crippen LogP contribution in [0.25, 0.3) is 0 Å². The largest absolute Gasteiger partial charge is 0.380 e. The van der Waals surface area contributed by atoms with Crippen molar-refractivity contribution in [1.29, 1.82) is 0 Å². The average Bonchev–Trinajstić information content (AvgIpc) is 2.92. The fraction of sp³-hybridized carbons (Fsp3) is 0.786. The Balaban J connectivity index is 2.03. The van der Waals surface area contributed by atoms with E-state index < -0.39 is 0 Å². The molecule has 2 unspecified atom stereocenters. The van der Waals surface area contributed by atoms with Crippen molar-refractivity contribution in [2.45, 2.75) is 32.7 Å². The number of anilines is 2. The van der Waals surface area contributed by atoms with Crippen molar-refractivity contribution in [2.24, 2.45) is 13.0 Å². The van der Waals surface area contributed by atoms with Crippen LogP contribution in [0.5, 0.6) is 0 Å². The van der Waals surface area contributed by atoms with E-state index in [0.717, 1.165) is 39.1 Å². The number of rotatable bonds is 3. The fourth-order valence-electron chi connectivity index (χ4n) is 3.39. The van der Waals surface area contributed by atoms with E-state index in [1.807, 2.05) is 4.68 Å². The van der Waals surface area contributed by atoms with E-state index in [2.05, 4.69) is 31.1 Å². The molecule has 3 heterocycles. The molecule has 1 N–H and O–H groups in total. The maximum atomic E-state index is 5.68. The van der Waals surface area contributed by atoms with Crippen molar-refractivity contribution in [1.82, 2.24) is 9.78 Å². The van der Waals surface area contributed by atoms with Crippen LogP contribution in [0.1, 0.15) is 26.0 Å². The summed E-state index contributed by atoms with van der Waals surface area (Å²) in [5.74, 6) is 1.82. The number of aromatic nitrogens is 2. The van der Waals surface area contributed by atoms with Crippen LogP contribution in [0.3, 0.4) is 0 Å². The van der Waals surface area contributed by atoms with Gasteiger partial charge < -0.3 is 15.0 Å². The zero-order valence-electron chi connectivity index (χ0n) is 12.1. The quantitative estimate of drug-likeness (QED) is 0.901. The summed E-state index contributed by atoms with van der Waals surface area (Å²) in [7, 11) is 2.05. The van der Waals surface area contributed by atoms with Gasteiger partial charge in [-0.2, -0.15) is 5.10 Å². The molecular formula is C14H24N4O. The van der Waals surface area contributed by atoms with Gasteiger partial charge in [-0.1, -0.05) is 13.3 Å². The zero-order chi connectivity index (χ0) is 13.4. The molecule has 0 bridgehead atoms. The molecule has 1 aromatic rings. The first-order valence-electron chi connectivity index (χ1n) is 7.40. The Labute approximate surface area is 114 Å². The first-order chi connectivity index (χ1) is 9.26. The first-order valence-corrected chi connectivity index (χ1v) is 7.40. The Bertz CT molecular complexity index is 457. The van der Waals surface area contributed by atoms with Crippen molar-refractivity contribution in [3.63, 3.8) is 0 Å². The van der Waals surface area contributed by atoms with Crippen LogP contribution in [0.4, 0.5) is 11.5 Å². The molecule has 0 aliphatic carbocycles. The molecule has 0 radical (unpaired) electrons. The van der Waals surface area contributed by atoms with Crippen molar-refractivity contribution < 1.29 is 4.74 Å². The van der Waals surface area contributed by atoms with Gasteiger partial charge in [-0.15, -0.1) is 0 Å². The molecule has 2 aliphatic rings. The van der Waals surface area contributed by atoms with Crippen LogP contribution >= 0.6 is 0 Å². The van der Waals surface area contributed by atoms with E-state index in [4.69, 9.17) is 9.84 Å². The summed E-state index contributed by atoms with van der Waals surface area (Å²) in [5.41, 5.74) is 2.46. The second-order valence-electron chi connectivity index (χ2n) is 5.55. The van der Waals surface area contributed by atoms with Gasteiger partial charge in [-0.3, -0.25) is 4.68 Å². The van der Waals surface area contributed by atoms with E-state index in [0.29, 0.717) is 12.0 Å². The van der Waals surface area contributed by atoms with Gasteiger partial charge >= 0.3 is 0 Å². The molecule has 0 aromatic carbocycles. The van der Waals surface area contributed by atoms with E-state index in [1.165, 1.54) is 17.2 Å². The molecule has 2 atom stereocenters. The molecule has 3 rings (SSSR count). The molecule has 1 fully saturated rings. The van der Waals surface area contributed by atoms with Gasteiger partial charge in [-0.05, 0) is 13.3 Å². The van der Waals surface area contributed by atoms with Crippen molar-refractivity contribution in [3.8, 4) is 0 Å². The van der Waals surface area contributed by atoms with Gasteiger partial charge in [0, 0.05) is 26.1 Å². The number of hydrogen-bond donors (Lipinski definition) is 1. The Hall–Kier alpha value is -1.23. The molecule has 2 aliphatic heterocycles. The molecule has 0 amide bonds. The van der Waals surface area contributed by atoms with Crippen LogP contribution in [0, 0.1) is 5.92 Å². The van der Waals surface area contributed by atoms with Crippen LogP contribution < -0.4 is 10.2 Å². The van der Waals surface area contributed by atoms with Crippen LogP contribution in [-0.2, 0) is 18.2 Å². The Morgan fingerprint density at radius 3 is 2.95 bits per heavy atom. The number of likely N-dealkylation sites (N-methyl/N-ethyl adjacent to an activating group) is 1. The SMILES string of the molecule is CCCc1nn(C)c2c1NCC1COCC1N2CC. The summed E-state index contributed by atoms with van der Waals surface area (Å²) in [6.07, 6.45) is 2.17. The van der Waals surface area contributed by atoms with Crippen LogP contribution in [0.2, 0.25) is 0 Å². The zero-order valence-corrected chi connectivity index (χ0v) is 12.1. The number of hydrogen-bond acceptors (Lipinski definition) is 4. The second kappa shape index (κ2) is 5.04. The summed E-state index contributed by atoms with van der Waals surface area (Å²) in [5, 5.41) is 8.34. The van der Waals surface area contributed by atoms with E-state index in [9.17, 15) is 0 Å². The molecule has 1 saturated heterocycles. The van der Waals surface area contributed by atoms with Crippen molar-refractivity contribution in [3.05, 3.63) is 5.69 Å². The third-order valence-electron chi connectivity index (χ3n) is 4.30. The lowest BCUT2D eigenvalue weighted by Gasteiger charge is -2.30. The minimum atomic E-state index is 0.489. The van der Waals surface area contributed by atoms with Gasteiger partial charge in [0.1, 0.15) is 5.69 Å². The summed E-state index contributed by atoms with van der Waals surface area (Å²) in [4.78, 5) is 2.47. The van der Waals surface area contributed by atoms with Gasteiger partial charge in [0.2, 0.25) is 0 Å². The lowest BCUT2D eigenvalue weighted by molar-refractivity contribution is 0.185. The second-order valence-corrected chi connectivity index (χ2v) is 5.55. The van der Waals surface area contributed by atoms with Gasteiger partial charge in [0.15, 0.2) is 5.82 Å². The summed E-state index contributed by atoms with van der Waals surface area (Å²) in [6.45, 7) is 8.14. The van der Waals surface area contributed by atoms with Crippen molar-refractivity contribution in [2.75, 3.05) is 36.5 Å². The third-order valence-corrected chi connectivity index (χ3v) is 4.30. The monoisotopic (exact) mass is 264 g/mol. The number of nitrogens with one attached hydrogen (secondary N) is 1. The highest BCUT2D eigenvalue weighted by Crippen LogP contribution is 2.37. The summed E-state index contributed by atoms with van der Waals surface area (Å²) < 4.78 is 7.72. The highest BCUT2D eigenvalue weighted by Gasteiger charge is 2.38. The predicted molar refractivity (Wildman–Crippen MR) is 76.8 cm³/mol. The molecule has 0 saturated carbocycles. The van der Waals surface area contributed by atoms with Gasteiger partial charge in [0.05, 0.1) is 24.9 Å². The normalized spacial score (nSPS) is 25.7. The fourth-order valence-corrected chi connectivity index (χ4v) is 3.39. The summed E-state index contributed by atoms with van der Waals surface area (Å²) in [6, 6.07) is 0.489. The molecule has 0 spiro atoms. The minimum Gasteiger partial charge on any atom is -0.380 e. The molecule has 5 nitrogen and oxygen atoms in total.